The van der Waals surface area contributed by atoms with Crippen molar-refractivity contribution < 1.29 is 9.18 Å². The molecule has 0 bridgehead atoms. The van der Waals surface area contributed by atoms with E-state index in [1.165, 1.54) is 35.6 Å². The number of thiazole rings is 1. The molecule has 26 heavy (non-hydrogen) atoms. The summed E-state index contributed by atoms with van der Waals surface area (Å²) in [5.41, 5.74) is 2.54. The Balaban J connectivity index is 1.43. The summed E-state index contributed by atoms with van der Waals surface area (Å²) >= 11 is 1.41. The second-order valence-electron chi connectivity index (χ2n) is 6.27. The van der Waals surface area contributed by atoms with Crippen LogP contribution < -0.4 is 5.32 Å². The SMILES string of the molecule is O=C(Nc1nc([C@H]2CCCN2Cc2cn[nH]c2)cs1)c1ccc(F)cc1. The van der Waals surface area contributed by atoms with E-state index in [1.807, 2.05) is 17.8 Å². The van der Waals surface area contributed by atoms with Crippen LogP contribution >= 0.6 is 11.3 Å². The first kappa shape index (κ1) is 16.9. The number of nitrogens with zero attached hydrogens (tertiary/aromatic N) is 3. The smallest absolute Gasteiger partial charge is 0.257 e. The fraction of sp³-hybridized carbons (Fsp3) is 0.278. The summed E-state index contributed by atoms with van der Waals surface area (Å²) in [6, 6.07) is 5.71. The molecule has 8 heteroatoms. The molecule has 3 heterocycles. The van der Waals surface area contributed by atoms with E-state index in [4.69, 9.17) is 0 Å². The third kappa shape index (κ3) is 3.66. The average Bonchev–Trinajstić information content (AvgIpc) is 3.38. The van der Waals surface area contributed by atoms with Crippen molar-refractivity contribution >= 4 is 22.4 Å². The standard InChI is InChI=1S/C18H18FN5OS/c19-14-5-3-13(4-6-14)17(25)23-18-22-15(11-26-18)16-2-1-7-24(16)10-12-8-20-21-9-12/h3-6,8-9,11,16H,1-2,7,10H2,(H,20,21)(H,22,23,25)/t16-/m1/s1. The van der Waals surface area contributed by atoms with E-state index in [1.54, 1.807) is 0 Å². The molecule has 0 saturated carbocycles. The molecule has 1 aliphatic heterocycles. The van der Waals surface area contributed by atoms with Gasteiger partial charge in [0.15, 0.2) is 5.13 Å². The lowest BCUT2D eigenvalue weighted by Crippen LogP contribution is -2.22. The van der Waals surface area contributed by atoms with Gasteiger partial charge in [0.05, 0.1) is 17.9 Å². The van der Waals surface area contributed by atoms with Crippen LogP contribution in [0.1, 0.15) is 40.5 Å². The number of likely N-dealkylation sites (tertiary alicyclic amines) is 1. The number of rotatable bonds is 5. The lowest BCUT2D eigenvalue weighted by atomic mass is 10.1. The van der Waals surface area contributed by atoms with Gasteiger partial charge in [0.2, 0.25) is 0 Å². The van der Waals surface area contributed by atoms with Crippen LogP contribution in [0.25, 0.3) is 0 Å². The summed E-state index contributed by atoms with van der Waals surface area (Å²) in [4.78, 5) is 19.2. The van der Waals surface area contributed by atoms with Gasteiger partial charge in [0.25, 0.3) is 5.91 Å². The van der Waals surface area contributed by atoms with Gasteiger partial charge >= 0.3 is 0 Å². The molecule has 1 aliphatic rings. The van der Waals surface area contributed by atoms with E-state index in [0.29, 0.717) is 10.7 Å². The number of aromatic amines is 1. The van der Waals surface area contributed by atoms with Crippen molar-refractivity contribution in [1.29, 1.82) is 0 Å². The largest absolute Gasteiger partial charge is 0.298 e. The number of anilines is 1. The zero-order valence-electron chi connectivity index (χ0n) is 14.0. The fourth-order valence-electron chi connectivity index (χ4n) is 3.22. The number of carbonyl (C=O) groups is 1. The van der Waals surface area contributed by atoms with E-state index in [-0.39, 0.29) is 17.8 Å². The summed E-state index contributed by atoms with van der Waals surface area (Å²) in [6.07, 6.45) is 5.92. The minimum atomic E-state index is -0.364. The van der Waals surface area contributed by atoms with E-state index in [0.717, 1.165) is 37.2 Å². The molecule has 1 amide bonds. The molecular formula is C18H18FN5OS. The lowest BCUT2D eigenvalue weighted by Gasteiger charge is -2.22. The molecule has 6 nitrogen and oxygen atoms in total. The van der Waals surface area contributed by atoms with Crippen LogP contribution in [0.4, 0.5) is 9.52 Å². The predicted octanol–water partition coefficient (Wildman–Crippen LogP) is 3.59. The third-order valence-corrected chi connectivity index (χ3v) is 5.27. The van der Waals surface area contributed by atoms with Crippen LogP contribution in [0.3, 0.4) is 0 Å². The second kappa shape index (κ2) is 7.35. The molecule has 0 unspecified atom stereocenters. The van der Waals surface area contributed by atoms with Crippen molar-refractivity contribution in [3.63, 3.8) is 0 Å². The molecule has 1 aromatic carbocycles. The number of benzene rings is 1. The van der Waals surface area contributed by atoms with Crippen molar-refractivity contribution in [2.45, 2.75) is 25.4 Å². The number of aromatic nitrogens is 3. The van der Waals surface area contributed by atoms with Gasteiger partial charge in [-0.3, -0.25) is 20.1 Å². The van der Waals surface area contributed by atoms with E-state index in [9.17, 15) is 9.18 Å². The molecule has 0 spiro atoms. The molecule has 3 aromatic rings. The molecule has 2 aromatic heterocycles. The monoisotopic (exact) mass is 371 g/mol. The zero-order valence-corrected chi connectivity index (χ0v) is 14.8. The Bertz CT molecular complexity index is 877. The molecule has 1 atom stereocenters. The number of halogens is 1. The summed E-state index contributed by atoms with van der Waals surface area (Å²) < 4.78 is 13.0. The van der Waals surface area contributed by atoms with Crippen LogP contribution in [-0.4, -0.2) is 32.5 Å². The third-order valence-electron chi connectivity index (χ3n) is 4.49. The summed E-state index contributed by atoms with van der Waals surface area (Å²) in [6.45, 7) is 1.85. The molecule has 2 N–H and O–H groups in total. The average molecular weight is 371 g/mol. The summed E-state index contributed by atoms with van der Waals surface area (Å²) in [7, 11) is 0. The minimum absolute atomic E-state index is 0.248. The van der Waals surface area contributed by atoms with E-state index >= 15 is 0 Å². The second-order valence-corrected chi connectivity index (χ2v) is 7.13. The van der Waals surface area contributed by atoms with Crippen molar-refractivity contribution in [2.75, 3.05) is 11.9 Å². The van der Waals surface area contributed by atoms with Crippen molar-refractivity contribution in [3.05, 3.63) is 64.7 Å². The normalized spacial score (nSPS) is 17.5. The van der Waals surface area contributed by atoms with Crippen LogP contribution in [0.2, 0.25) is 0 Å². The van der Waals surface area contributed by atoms with Gasteiger partial charge < -0.3 is 0 Å². The van der Waals surface area contributed by atoms with Gasteiger partial charge in [0, 0.05) is 29.2 Å². The van der Waals surface area contributed by atoms with Gasteiger partial charge in [-0.1, -0.05) is 0 Å². The first-order valence-electron chi connectivity index (χ1n) is 8.43. The highest BCUT2D eigenvalue weighted by atomic mass is 32.1. The quantitative estimate of drug-likeness (QED) is 0.719. The Morgan fingerprint density at radius 2 is 2.23 bits per heavy atom. The number of nitrogens with one attached hydrogen (secondary N) is 2. The summed E-state index contributed by atoms with van der Waals surface area (Å²) in [5, 5.41) is 12.2. The molecular weight excluding hydrogens is 353 g/mol. The van der Waals surface area contributed by atoms with Crippen LogP contribution in [0.5, 0.6) is 0 Å². The number of hydrogen-bond acceptors (Lipinski definition) is 5. The molecule has 1 saturated heterocycles. The van der Waals surface area contributed by atoms with Gasteiger partial charge in [-0.15, -0.1) is 11.3 Å². The number of hydrogen-bond donors (Lipinski definition) is 2. The van der Waals surface area contributed by atoms with Crippen LogP contribution in [0, 0.1) is 5.82 Å². The highest BCUT2D eigenvalue weighted by Gasteiger charge is 2.28. The Morgan fingerprint density at radius 1 is 1.38 bits per heavy atom. The first-order valence-corrected chi connectivity index (χ1v) is 9.31. The topological polar surface area (TPSA) is 73.9 Å². The number of carbonyl (C=O) groups excluding carboxylic acids is 1. The number of amides is 1. The summed E-state index contributed by atoms with van der Waals surface area (Å²) in [5.74, 6) is -0.649. The van der Waals surface area contributed by atoms with Gasteiger partial charge in [0.1, 0.15) is 5.82 Å². The molecule has 0 radical (unpaired) electrons. The molecule has 0 aliphatic carbocycles. The maximum Gasteiger partial charge on any atom is 0.257 e. The van der Waals surface area contributed by atoms with Crippen molar-refractivity contribution in [2.24, 2.45) is 0 Å². The predicted molar refractivity (Wildman–Crippen MR) is 97.4 cm³/mol. The fourth-order valence-corrected chi connectivity index (χ4v) is 3.97. The Morgan fingerprint density at radius 3 is 3.00 bits per heavy atom. The molecule has 134 valence electrons. The first-order chi connectivity index (χ1) is 12.7. The van der Waals surface area contributed by atoms with Crippen LogP contribution in [-0.2, 0) is 6.54 Å². The van der Waals surface area contributed by atoms with Crippen molar-refractivity contribution in [1.82, 2.24) is 20.1 Å². The van der Waals surface area contributed by atoms with E-state index in [2.05, 4.69) is 25.4 Å². The highest BCUT2D eigenvalue weighted by Crippen LogP contribution is 2.34. The maximum absolute atomic E-state index is 13.0. The Hall–Kier alpha value is -2.58. The zero-order chi connectivity index (χ0) is 17.9. The highest BCUT2D eigenvalue weighted by molar-refractivity contribution is 7.14. The lowest BCUT2D eigenvalue weighted by molar-refractivity contribution is 0.102. The van der Waals surface area contributed by atoms with Gasteiger partial charge in [-0.05, 0) is 43.7 Å². The number of H-pyrrole nitrogens is 1. The maximum atomic E-state index is 13.0. The Labute approximate surface area is 154 Å². The van der Waals surface area contributed by atoms with Crippen molar-refractivity contribution in [3.8, 4) is 0 Å². The minimum Gasteiger partial charge on any atom is -0.298 e. The van der Waals surface area contributed by atoms with Gasteiger partial charge in [-0.2, -0.15) is 5.10 Å². The Kier molecular flexibility index (Phi) is 4.77. The molecule has 4 rings (SSSR count). The van der Waals surface area contributed by atoms with Gasteiger partial charge in [-0.25, -0.2) is 9.37 Å². The van der Waals surface area contributed by atoms with E-state index < -0.39 is 0 Å². The molecule has 1 fully saturated rings. The van der Waals surface area contributed by atoms with Crippen LogP contribution in [0.15, 0.2) is 42.0 Å².